The maximum absolute atomic E-state index is 11.1. The highest BCUT2D eigenvalue weighted by atomic mass is 16.6. The third kappa shape index (κ3) is 4.94. The second-order valence-electron chi connectivity index (χ2n) is 7.63. The SMILES string of the molecule is CC(C)C(O)(C#CCN1CCN(c2ccc([N+](=O)[O-])cc2)CC1)c1ccccc1. The van der Waals surface area contributed by atoms with Crippen molar-refractivity contribution in [3.63, 3.8) is 0 Å². The van der Waals surface area contributed by atoms with E-state index >= 15 is 0 Å². The molecule has 152 valence electrons. The van der Waals surface area contributed by atoms with E-state index in [0.717, 1.165) is 37.4 Å². The molecule has 1 atom stereocenters. The first-order valence-electron chi connectivity index (χ1n) is 9.90. The molecule has 0 amide bonds. The quantitative estimate of drug-likeness (QED) is 0.480. The Hall–Kier alpha value is -2.88. The Morgan fingerprint density at radius 2 is 1.69 bits per heavy atom. The van der Waals surface area contributed by atoms with Gasteiger partial charge in [-0.2, -0.15) is 0 Å². The number of piperazine rings is 1. The van der Waals surface area contributed by atoms with Crippen LogP contribution in [0.1, 0.15) is 19.4 Å². The van der Waals surface area contributed by atoms with E-state index in [1.54, 1.807) is 24.3 Å². The van der Waals surface area contributed by atoms with Crippen LogP contribution in [0.5, 0.6) is 0 Å². The molecule has 0 bridgehead atoms. The molecule has 0 spiro atoms. The van der Waals surface area contributed by atoms with Gasteiger partial charge in [0.05, 0.1) is 11.5 Å². The van der Waals surface area contributed by atoms with Crippen LogP contribution in [-0.4, -0.2) is 47.7 Å². The molecule has 0 radical (unpaired) electrons. The Balaban J connectivity index is 1.58. The van der Waals surface area contributed by atoms with Crippen molar-refractivity contribution in [2.24, 2.45) is 5.92 Å². The zero-order valence-corrected chi connectivity index (χ0v) is 16.9. The van der Waals surface area contributed by atoms with Crippen molar-refractivity contribution in [3.8, 4) is 11.8 Å². The van der Waals surface area contributed by atoms with Crippen LogP contribution in [0, 0.1) is 27.9 Å². The normalized spacial score (nSPS) is 16.8. The molecule has 0 aromatic heterocycles. The topological polar surface area (TPSA) is 69.8 Å². The van der Waals surface area contributed by atoms with Crippen LogP contribution in [0.15, 0.2) is 54.6 Å². The number of anilines is 1. The molecule has 0 saturated carbocycles. The standard InChI is InChI=1S/C23H27N3O3/c1-19(2)23(27,20-7-4-3-5-8-20)13-6-14-24-15-17-25(18-16-24)21-9-11-22(12-10-21)26(28)29/h3-5,7-12,19,27H,14-18H2,1-2H3. The number of benzene rings is 2. The molecular formula is C23H27N3O3. The van der Waals surface area contributed by atoms with Crippen molar-refractivity contribution in [1.29, 1.82) is 0 Å². The van der Waals surface area contributed by atoms with Crippen molar-refractivity contribution in [2.75, 3.05) is 37.6 Å². The van der Waals surface area contributed by atoms with Gasteiger partial charge in [0, 0.05) is 44.0 Å². The first-order chi connectivity index (χ1) is 13.9. The van der Waals surface area contributed by atoms with Gasteiger partial charge >= 0.3 is 0 Å². The number of non-ortho nitro benzene ring substituents is 1. The molecule has 2 aromatic rings. The summed E-state index contributed by atoms with van der Waals surface area (Å²) in [4.78, 5) is 14.9. The Morgan fingerprint density at radius 1 is 1.07 bits per heavy atom. The average molecular weight is 393 g/mol. The monoisotopic (exact) mass is 393 g/mol. The molecule has 1 saturated heterocycles. The van der Waals surface area contributed by atoms with E-state index in [1.807, 2.05) is 44.2 Å². The highest BCUT2D eigenvalue weighted by Crippen LogP contribution is 2.28. The second kappa shape index (κ2) is 9.08. The number of hydrogen-bond donors (Lipinski definition) is 1. The third-order valence-corrected chi connectivity index (χ3v) is 5.43. The first kappa shape index (κ1) is 20.8. The molecule has 1 aliphatic rings. The van der Waals surface area contributed by atoms with Crippen molar-refractivity contribution >= 4 is 11.4 Å². The van der Waals surface area contributed by atoms with E-state index in [2.05, 4.69) is 21.6 Å². The Bertz CT molecular complexity index is 879. The smallest absolute Gasteiger partial charge is 0.269 e. The summed E-state index contributed by atoms with van der Waals surface area (Å²) >= 11 is 0. The van der Waals surface area contributed by atoms with Crippen LogP contribution in [-0.2, 0) is 5.60 Å². The molecule has 6 nitrogen and oxygen atoms in total. The van der Waals surface area contributed by atoms with E-state index in [0.29, 0.717) is 6.54 Å². The maximum atomic E-state index is 11.1. The fraction of sp³-hybridized carbons (Fsp3) is 0.391. The largest absolute Gasteiger partial charge is 0.373 e. The molecule has 0 aliphatic carbocycles. The predicted octanol–water partition coefficient (Wildman–Crippen LogP) is 3.26. The number of nitro groups is 1. The lowest BCUT2D eigenvalue weighted by molar-refractivity contribution is -0.384. The fourth-order valence-electron chi connectivity index (χ4n) is 3.48. The number of rotatable bonds is 5. The van der Waals surface area contributed by atoms with E-state index in [9.17, 15) is 15.2 Å². The minimum absolute atomic E-state index is 0.0172. The van der Waals surface area contributed by atoms with Crippen molar-refractivity contribution in [1.82, 2.24) is 4.90 Å². The molecule has 2 aromatic carbocycles. The van der Waals surface area contributed by atoms with Gasteiger partial charge in [-0.05, 0) is 23.6 Å². The summed E-state index contributed by atoms with van der Waals surface area (Å²) < 4.78 is 0. The number of nitro benzene ring substituents is 1. The second-order valence-corrected chi connectivity index (χ2v) is 7.63. The molecular weight excluding hydrogens is 366 g/mol. The Labute approximate surface area is 171 Å². The van der Waals surface area contributed by atoms with Crippen LogP contribution in [0.4, 0.5) is 11.4 Å². The fourth-order valence-corrected chi connectivity index (χ4v) is 3.48. The van der Waals surface area contributed by atoms with Crippen LogP contribution in [0.25, 0.3) is 0 Å². The maximum Gasteiger partial charge on any atom is 0.269 e. The summed E-state index contributed by atoms with van der Waals surface area (Å²) in [7, 11) is 0. The lowest BCUT2D eigenvalue weighted by Crippen LogP contribution is -2.46. The van der Waals surface area contributed by atoms with Gasteiger partial charge in [0.15, 0.2) is 5.60 Å². The van der Waals surface area contributed by atoms with Gasteiger partial charge in [-0.1, -0.05) is 56.0 Å². The minimum Gasteiger partial charge on any atom is -0.373 e. The Kier molecular flexibility index (Phi) is 6.53. The van der Waals surface area contributed by atoms with Gasteiger partial charge in [-0.15, -0.1) is 0 Å². The Morgan fingerprint density at radius 3 is 2.24 bits per heavy atom. The van der Waals surface area contributed by atoms with E-state index in [4.69, 9.17) is 0 Å². The lowest BCUT2D eigenvalue weighted by Gasteiger charge is -2.35. The predicted molar refractivity (Wildman–Crippen MR) is 115 cm³/mol. The van der Waals surface area contributed by atoms with Gasteiger partial charge in [0.25, 0.3) is 5.69 Å². The van der Waals surface area contributed by atoms with Crippen molar-refractivity contribution in [3.05, 3.63) is 70.3 Å². The van der Waals surface area contributed by atoms with E-state index in [-0.39, 0.29) is 16.5 Å². The average Bonchev–Trinajstić information content (AvgIpc) is 2.74. The van der Waals surface area contributed by atoms with Gasteiger partial charge < -0.3 is 10.0 Å². The first-order valence-corrected chi connectivity index (χ1v) is 9.90. The minimum atomic E-state index is -1.15. The van der Waals surface area contributed by atoms with Crippen molar-refractivity contribution in [2.45, 2.75) is 19.4 Å². The highest BCUT2D eigenvalue weighted by Gasteiger charge is 2.30. The molecule has 6 heteroatoms. The van der Waals surface area contributed by atoms with Gasteiger partial charge in [0.1, 0.15) is 0 Å². The third-order valence-electron chi connectivity index (χ3n) is 5.43. The van der Waals surface area contributed by atoms with Gasteiger partial charge in [0.2, 0.25) is 0 Å². The molecule has 3 rings (SSSR count). The summed E-state index contributed by atoms with van der Waals surface area (Å²) in [6, 6.07) is 16.3. The molecule has 1 N–H and O–H groups in total. The van der Waals surface area contributed by atoms with Crippen LogP contribution < -0.4 is 4.90 Å². The van der Waals surface area contributed by atoms with Crippen LogP contribution in [0.3, 0.4) is 0 Å². The summed E-state index contributed by atoms with van der Waals surface area (Å²) in [5, 5.41) is 21.9. The summed E-state index contributed by atoms with van der Waals surface area (Å²) in [5.41, 5.74) is 0.783. The zero-order valence-electron chi connectivity index (χ0n) is 16.9. The summed E-state index contributed by atoms with van der Waals surface area (Å²) in [6.45, 7) is 7.96. The van der Waals surface area contributed by atoms with Gasteiger partial charge in [-0.3, -0.25) is 15.0 Å². The number of hydrogen-bond acceptors (Lipinski definition) is 5. The lowest BCUT2D eigenvalue weighted by atomic mass is 9.84. The summed E-state index contributed by atoms with van der Waals surface area (Å²) in [6.07, 6.45) is 0. The van der Waals surface area contributed by atoms with Crippen LogP contribution in [0.2, 0.25) is 0 Å². The molecule has 1 aliphatic heterocycles. The van der Waals surface area contributed by atoms with Gasteiger partial charge in [-0.25, -0.2) is 0 Å². The number of nitrogens with zero attached hydrogens (tertiary/aromatic N) is 3. The molecule has 1 heterocycles. The summed E-state index contributed by atoms with van der Waals surface area (Å²) in [5.74, 6) is 6.27. The zero-order chi connectivity index (χ0) is 20.9. The highest BCUT2D eigenvalue weighted by molar-refractivity contribution is 5.51. The molecule has 1 unspecified atom stereocenters. The molecule has 1 fully saturated rings. The van der Waals surface area contributed by atoms with Crippen molar-refractivity contribution < 1.29 is 10.0 Å². The van der Waals surface area contributed by atoms with Crippen LogP contribution >= 0.6 is 0 Å². The number of aliphatic hydroxyl groups is 1. The van der Waals surface area contributed by atoms with E-state index < -0.39 is 5.60 Å². The molecule has 29 heavy (non-hydrogen) atoms. The van der Waals surface area contributed by atoms with E-state index in [1.165, 1.54) is 0 Å².